The second-order valence-corrected chi connectivity index (χ2v) is 9.76. The van der Waals surface area contributed by atoms with Crippen molar-refractivity contribution < 1.29 is 4.74 Å². The first kappa shape index (κ1) is 22.4. The van der Waals surface area contributed by atoms with Crippen molar-refractivity contribution in [1.82, 2.24) is 14.5 Å². The van der Waals surface area contributed by atoms with Crippen LogP contribution in [0.25, 0.3) is 21.9 Å². The molecule has 0 radical (unpaired) electrons. The molecule has 0 amide bonds. The zero-order valence-corrected chi connectivity index (χ0v) is 20.8. The van der Waals surface area contributed by atoms with Crippen LogP contribution in [0, 0.1) is 0 Å². The quantitative estimate of drug-likeness (QED) is 0.298. The summed E-state index contributed by atoms with van der Waals surface area (Å²) in [6, 6.07) is 34.5. The summed E-state index contributed by atoms with van der Waals surface area (Å²) in [7, 11) is 0. The van der Waals surface area contributed by atoms with Crippen molar-refractivity contribution in [2.45, 2.75) is 26.0 Å². The molecule has 1 aliphatic rings. The number of hydrogen-bond donors (Lipinski definition) is 0. The van der Waals surface area contributed by atoms with E-state index in [0.29, 0.717) is 19.6 Å². The van der Waals surface area contributed by atoms with E-state index in [4.69, 9.17) is 14.7 Å². The molecule has 0 atom stereocenters. The first-order valence-electron chi connectivity index (χ1n) is 12.9. The van der Waals surface area contributed by atoms with E-state index in [1.807, 2.05) is 47.0 Å². The number of rotatable bonds is 4. The lowest BCUT2D eigenvalue weighted by Gasteiger charge is -2.24. The van der Waals surface area contributed by atoms with E-state index >= 15 is 0 Å². The summed E-state index contributed by atoms with van der Waals surface area (Å²) in [6.07, 6.45) is 1.46. The minimum absolute atomic E-state index is 0.0762. The zero-order chi connectivity index (χ0) is 25.5. The molecule has 0 saturated heterocycles. The minimum atomic E-state index is -0.0762. The van der Waals surface area contributed by atoms with E-state index in [2.05, 4.69) is 54.6 Å². The molecule has 4 aromatic carbocycles. The third-order valence-electron chi connectivity index (χ3n) is 7.25. The molecule has 0 spiro atoms. The van der Waals surface area contributed by atoms with E-state index in [9.17, 15) is 4.79 Å². The third kappa shape index (κ3) is 4.02. The van der Waals surface area contributed by atoms with Crippen molar-refractivity contribution in [2.75, 3.05) is 0 Å². The first-order valence-corrected chi connectivity index (χ1v) is 12.9. The van der Waals surface area contributed by atoms with Crippen molar-refractivity contribution in [3.05, 3.63) is 147 Å². The molecule has 5 heteroatoms. The summed E-state index contributed by atoms with van der Waals surface area (Å²) >= 11 is 0. The average molecular weight is 496 g/mol. The van der Waals surface area contributed by atoms with Crippen molar-refractivity contribution >= 4 is 21.9 Å². The van der Waals surface area contributed by atoms with E-state index in [-0.39, 0.29) is 5.56 Å². The smallest absolute Gasteiger partial charge is 0.251 e. The third-order valence-corrected chi connectivity index (χ3v) is 7.25. The standard InChI is InChI=1S/C33H25N3O2/c37-31-16-15-26-24(17-22-9-3-1-4-10-22)19-25(18-23-11-5-2-6-12-23)33-32(26)36(31)20-29-30(21-38-33)35-28-14-8-7-13-27(28)34-29/h1-16,19H,17-18,20-21H2. The largest absolute Gasteiger partial charge is 0.485 e. The highest BCUT2D eigenvalue weighted by Gasteiger charge is 2.23. The summed E-state index contributed by atoms with van der Waals surface area (Å²) in [4.78, 5) is 23.2. The fourth-order valence-electron chi connectivity index (χ4n) is 5.42. The van der Waals surface area contributed by atoms with Gasteiger partial charge in [-0.2, -0.15) is 0 Å². The molecule has 0 unspecified atom stereocenters. The molecule has 0 saturated carbocycles. The Kier molecular flexibility index (Phi) is 5.47. The highest BCUT2D eigenvalue weighted by Crippen LogP contribution is 2.36. The molecular weight excluding hydrogens is 470 g/mol. The average Bonchev–Trinajstić information content (AvgIpc) is 2.94. The maximum atomic E-state index is 13.4. The van der Waals surface area contributed by atoms with E-state index in [1.54, 1.807) is 6.07 Å². The van der Waals surface area contributed by atoms with Gasteiger partial charge in [0.15, 0.2) is 0 Å². The maximum absolute atomic E-state index is 13.4. The summed E-state index contributed by atoms with van der Waals surface area (Å²) in [5, 5.41) is 1.03. The lowest BCUT2D eigenvalue weighted by Crippen LogP contribution is -2.25. The number of para-hydroxylation sites is 2. The van der Waals surface area contributed by atoms with Crippen LogP contribution in [0.4, 0.5) is 0 Å². The Morgan fingerprint density at radius 2 is 1.29 bits per heavy atom. The van der Waals surface area contributed by atoms with E-state index in [0.717, 1.165) is 51.1 Å². The molecule has 5 nitrogen and oxygen atoms in total. The van der Waals surface area contributed by atoms with Crippen LogP contribution in [-0.2, 0) is 26.0 Å². The molecule has 38 heavy (non-hydrogen) atoms. The van der Waals surface area contributed by atoms with Crippen LogP contribution in [0.1, 0.15) is 33.6 Å². The Hall–Kier alpha value is -4.77. The zero-order valence-electron chi connectivity index (χ0n) is 20.8. The number of benzene rings is 4. The van der Waals surface area contributed by atoms with Crippen LogP contribution in [0.15, 0.2) is 108 Å². The fraction of sp³-hybridized carbons (Fsp3) is 0.121. The number of ether oxygens (including phenoxy) is 1. The predicted octanol–water partition coefficient (Wildman–Crippen LogP) is 6.07. The molecule has 7 rings (SSSR count). The Balaban J connectivity index is 1.47. The second kappa shape index (κ2) is 9.27. The number of pyridine rings is 1. The van der Waals surface area contributed by atoms with Gasteiger partial charge < -0.3 is 4.74 Å². The molecule has 3 heterocycles. The molecule has 2 aromatic heterocycles. The topological polar surface area (TPSA) is 57.0 Å². The van der Waals surface area contributed by atoms with Gasteiger partial charge >= 0.3 is 0 Å². The van der Waals surface area contributed by atoms with Gasteiger partial charge in [0.1, 0.15) is 18.1 Å². The van der Waals surface area contributed by atoms with Crippen molar-refractivity contribution in [1.29, 1.82) is 0 Å². The van der Waals surface area contributed by atoms with Gasteiger partial charge in [-0.1, -0.05) is 78.9 Å². The minimum Gasteiger partial charge on any atom is -0.485 e. The van der Waals surface area contributed by atoms with E-state index < -0.39 is 0 Å². The van der Waals surface area contributed by atoms with Crippen LogP contribution in [0.5, 0.6) is 5.75 Å². The van der Waals surface area contributed by atoms with E-state index in [1.165, 1.54) is 16.7 Å². The fourth-order valence-corrected chi connectivity index (χ4v) is 5.42. The van der Waals surface area contributed by atoms with Gasteiger partial charge in [0.25, 0.3) is 5.56 Å². The van der Waals surface area contributed by atoms with Crippen LogP contribution in [0.2, 0.25) is 0 Å². The van der Waals surface area contributed by atoms with Gasteiger partial charge in [-0.3, -0.25) is 9.36 Å². The summed E-state index contributed by atoms with van der Waals surface area (Å²) in [6.45, 7) is 0.643. The molecular formula is C33H25N3O2. The van der Waals surface area contributed by atoms with Crippen LogP contribution < -0.4 is 10.3 Å². The molecule has 0 bridgehead atoms. The van der Waals surface area contributed by atoms with Gasteiger partial charge in [0, 0.05) is 23.4 Å². The Labute approximate surface area is 220 Å². The van der Waals surface area contributed by atoms with Gasteiger partial charge in [0.05, 0.1) is 28.8 Å². The molecule has 0 N–H and O–H groups in total. The lowest BCUT2D eigenvalue weighted by atomic mass is 9.94. The molecule has 0 aliphatic carbocycles. The maximum Gasteiger partial charge on any atom is 0.251 e. The summed E-state index contributed by atoms with van der Waals surface area (Å²) in [5.41, 5.74) is 8.56. The molecule has 6 aromatic rings. The first-order chi connectivity index (χ1) is 18.7. The van der Waals surface area contributed by atoms with Crippen molar-refractivity contribution in [3.8, 4) is 5.75 Å². The monoisotopic (exact) mass is 495 g/mol. The number of fused-ring (bicyclic) bond motifs is 2. The Bertz CT molecular complexity index is 1860. The lowest BCUT2D eigenvalue weighted by molar-refractivity contribution is 0.296. The SMILES string of the molecule is O=c1ccc2c(Cc3ccccc3)cc(Cc3ccccc3)c3c2n1Cc1nc2ccccc2nc1CO3. The van der Waals surface area contributed by atoms with Gasteiger partial charge in [-0.25, -0.2) is 9.97 Å². The van der Waals surface area contributed by atoms with Crippen molar-refractivity contribution in [3.63, 3.8) is 0 Å². The van der Waals surface area contributed by atoms with Gasteiger partial charge in [0.2, 0.25) is 0 Å². The predicted molar refractivity (Wildman–Crippen MR) is 150 cm³/mol. The Morgan fingerprint density at radius 1 is 0.684 bits per heavy atom. The van der Waals surface area contributed by atoms with Crippen LogP contribution >= 0.6 is 0 Å². The number of nitrogens with zero attached hydrogens (tertiary/aromatic N) is 3. The van der Waals surface area contributed by atoms with Crippen molar-refractivity contribution in [2.24, 2.45) is 0 Å². The number of hydrogen-bond acceptors (Lipinski definition) is 4. The molecule has 184 valence electrons. The summed E-state index contributed by atoms with van der Waals surface area (Å²) in [5.74, 6) is 0.749. The Morgan fingerprint density at radius 3 is 1.97 bits per heavy atom. The van der Waals surface area contributed by atoms with Gasteiger partial charge in [-0.05, 0) is 41.3 Å². The highest BCUT2D eigenvalue weighted by atomic mass is 16.5. The van der Waals surface area contributed by atoms with Crippen LogP contribution in [-0.4, -0.2) is 14.5 Å². The second-order valence-electron chi connectivity index (χ2n) is 9.76. The molecule has 0 fully saturated rings. The summed E-state index contributed by atoms with van der Waals surface area (Å²) < 4.78 is 8.39. The number of aromatic nitrogens is 3. The van der Waals surface area contributed by atoms with Crippen LogP contribution in [0.3, 0.4) is 0 Å². The normalized spacial score (nSPS) is 12.5. The highest BCUT2D eigenvalue weighted by molar-refractivity contribution is 5.90. The van der Waals surface area contributed by atoms with Gasteiger partial charge in [-0.15, -0.1) is 0 Å². The molecule has 1 aliphatic heterocycles.